The highest BCUT2D eigenvalue weighted by atomic mass is 16.3. The van der Waals surface area contributed by atoms with Gasteiger partial charge in [-0.2, -0.15) is 0 Å². The molecule has 12 rings (SSSR count). The van der Waals surface area contributed by atoms with Gasteiger partial charge in [-0.15, -0.1) is 0 Å². The summed E-state index contributed by atoms with van der Waals surface area (Å²) in [6.45, 7) is 0. The molecule has 0 radical (unpaired) electrons. The number of furan rings is 1. The first-order valence-corrected chi connectivity index (χ1v) is 18.5. The second-order valence-electron chi connectivity index (χ2n) is 15.4. The molecule has 51 heavy (non-hydrogen) atoms. The van der Waals surface area contributed by atoms with Crippen molar-refractivity contribution in [3.05, 3.63) is 139 Å². The van der Waals surface area contributed by atoms with E-state index in [-0.39, 0.29) is 0 Å². The van der Waals surface area contributed by atoms with Crippen LogP contribution in [-0.2, 0) is 5.41 Å². The summed E-state index contributed by atoms with van der Waals surface area (Å²) in [6.07, 6.45) is 8.45. The Balaban J connectivity index is 1.04. The molecule has 0 N–H and O–H groups in total. The molecule has 4 aliphatic carbocycles. The molecule has 246 valence electrons. The molecule has 4 heteroatoms. The molecular weight excluding hydrogens is 623 g/mol. The molecule has 0 saturated heterocycles. The van der Waals surface area contributed by atoms with Crippen molar-refractivity contribution in [1.29, 1.82) is 0 Å². The fourth-order valence-electron chi connectivity index (χ4n) is 10.5. The van der Waals surface area contributed by atoms with Crippen LogP contribution in [0.4, 0.5) is 0 Å². The molecule has 4 bridgehead atoms. The van der Waals surface area contributed by atoms with Crippen molar-refractivity contribution < 1.29 is 4.42 Å². The quantitative estimate of drug-likeness (QED) is 0.184. The van der Waals surface area contributed by atoms with E-state index in [1.807, 2.05) is 30.3 Å². The van der Waals surface area contributed by atoms with Gasteiger partial charge in [0.25, 0.3) is 0 Å². The number of aromatic nitrogens is 3. The normalized spacial score (nSPS) is 22.3. The Morgan fingerprint density at radius 1 is 0.431 bits per heavy atom. The molecule has 0 aliphatic heterocycles. The number of hydrogen-bond acceptors (Lipinski definition) is 4. The van der Waals surface area contributed by atoms with Crippen LogP contribution in [0.2, 0.25) is 0 Å². The Hall–Kier alpha value is -5.61. The van der Waals surface area contributed by atoms with Crippen LogP contribution in [0.3, 0.4) is 0 Å². The van der Waals surface area contributed by atoms with E-state index in [1.165, 1.54) is 44.1 Å². The summed E-state index contributed by atoms with van der Waals surface area (Å²) in [4.78, 5) is 15.4. The molecule has 4 aliphatic rings. The number of benzene rings is 6. The Bertz CT molecular complexity index is 2580. The second kappa shape index (κ2) is 11.2. The van der Waals surface area contributed by atoms with E-state index in [9.17, 15) is 0 Å². The third-order valence-corrected chi connectivity index (χ3v) is 12.3. The zero-order chi connectivity index (χ0) is 33.5. The standard InChI is InChI=1S/C47H37N3O/c1-2-9-32(10-3-1)44-48-45(33-19-21-34(22-20-33)47-26-29-23-30(27-47)25-31(24-29)28-47)50-46(49-44)41-17-7-12-35-36(13-6-14-37(35)41)39-15-8-16-40-38-11-4-5-18-42(38)51-43(39)40/h1-22,29-31H,23-28H2. The first kappa shape index (κ1) is 29.2. The van der Waals surface area contributed by atoms with E-state index in [0.717, 1.165) is 78.3 Å². The van der Waals surface area contributed by atoms with Crippen molar-refractivity contribution in [2.24, 2.45) is 17.8 Å². The molecule has 6 aromatic carbocycles. The average Bonchev–Trinajstić information content (AvgIpc) is 3.56. The van der Waals surface area contributed by atoms with Gasteiger partial charge in [-0.25, -0.2) is 15.0 Å². The minimum atomic E-state index is 0.361. The molecule has 0 unspecified atom stereocenters. The van der Waals surface area contributed by atoms with Crippen molar-refractivity contribution in [1.82, 2.24) is 15.0 Å². The predicted octanol–water partition coefficient (Wildman–Crippen LogP) is 12.1. The minimum absolute atomic E-state index is 0.361. The summed E-state index contributed by atoms with van der Waals surface area (Å²) < 4.78 is 6.47. The van der Waals surface area contributed by atoms with E-state index >= 15 is 0 Å². The molecule has 4 fully saturated rings. The summed E-state index contributed by atoms with van der Waals surface area (Å²) in [6, 6.07) is 47.2. The van der Waals surface area contributed by atoms with E-state index in [4.69, 9.17) is 19.4 Å². The van der Waals surface area contributed by atoms with Crippen LogP contribution in [0, 0.1) is 17.8 Å². The molecule has 0 atom stereocenters. The number of fused-ring (bicyclic) bond motifs is 4. The van der Waals surface area contributed by atoms with Crippen LogP contribution < -0.4 is 0 Å². The molecule has 8 aromatic rings. The maximum atomic E-state index is 6.47. The minimum Gasteiger partial charge on any atom is -0.455 e. The van der Waals surface area contributed by atoms with Crippen LogP contribution in [0.1, 0.15) is 44.1 Å². The third kappa shape index (κ3) is 4.69. The molecule has 4 nitrogen and oxygen atoms in total. The Kier molecular flexibility index (Phi) is 6.40. The average molecular weight is 660 g/mol. The monoisotopic (exact) mass is 659 g/mol. The van der Waals surface area contributed by atoms with Gasteiger partial charge in [0.05, 0.1) is 0 Å². The molecular formula is C47H37N3O. The molecule has 4 saturated carbocycles. The van der Waals surface area contributed by atoms with E-state index < -0.39 is 0 Å². The van der Waals surface area contributed by atoms with Gasteiger partial charge >= 0.3 is 0 Å². The van der Waals surface area contributed by atoms with Crippen molar-refractivity contribution >= 4 is 32.7 Å². The topological polar surface area (TPSA) is 51.8 Å². The maximum absolute atomic E-state index is 6.47. The lowest BCUT2D eigenvalue weighted by molar-refractivity contribution is -0.00518. The molecule has 0 spiro atoms. The maximum Gasteiger partial charge on any atom is 0.164 e. The molecule has 2 aromatic heterocycles. The molecule has 2 heterocycles. The van der Waals surface area contributed by atoms with Crippen LogP contribution in [0.5, 0.6) is 0 Å². The first-order valence-electron chi connectivity index (χ1n) is 18.5. The smallest absolute Gasteiger partial charge is 0.164 e. The fourth-order valence-corrected chi connectivity index (χ4v) is 10.5. The Morgan fingerprint density at radius 2 is 0.961 bits per heavy atom. The number of nitrogens with zero attached hydrogens (tertiary/aromatic N) is 3. The largest absolute Gasteiger partial charge is 0.455 e. The van der Waals surface area contributed by atoms with Gasteiger partial charge < -0.3 is 4.42 Å². The SMILES string of the molecule is c1ccc(-c2nc(-c3ccc(C45CC6CC(CC(C6)C4)C5)cc3)nc(-c3cccc4c(-c5cccc6c5oc5ccccc56)cccc34)n2)cc1. The number of para-hydroxylation sites is 2. The Morgan fingerprint density at radius 3 is 1.67 bits per heavy atom. The summed E-state index contributed by atoms with van der Waals surface area (Å²) in [5.74, 6) is 4.82. The van der Waals surface area contributed by atoms with E-state index in [1.54, 1.807) is 0 Å². The van der Waals surface area contributed by atoms with Crippen molar-refractivity contribution in [3.8, 4) is 45.3 Å². The lowest BCUT2D eigenvalue weighted by Crippen LogP contribution is -2.48. The van der Waals surface area contributed by atoms with Crippen molar-refractivity contribution in [2.75, 3.05) is 0 Å². The van der Waals surface area contributed by atoms with Crippen LogP contribution >= 0.6 is 0 Å². The Labute approximate surface area is 297 Å². The highest BCUT2D eigenvalue weighted by molar-refractivity contribution is 6.13. The highest BCUT2D eigenvalue weighted by Crippen LogP contribution is 2.60. The summed E-state index contributed by atoms with van der Waals surface area (Å²) in [7, 11) is 0. The fraction of sp³-hybridized carbons (Fsp3) is 0.213. The van der Waals surface area contributed by atoms with Gasteiger partial charge in [-0.1, -0.05) is 127 Å². The van der Waals surface area contributed by atoms with Crippen molar-refractivity contribution in [3.63, 3.8) is 0 Å². The van der Waals surface area contributed by atoms with Crippen LogP contribution in [-0.4, -0.2) is 15.0 Å². The first-order chi connectivity index (χ1) is 25.2. The van der Waals surface area contributed by atoms with Gasteiger partial charge in [-0.05, 0) is 89.7 Å². The second-order valence-corrected chi connectivity index (χ2v) is 15.4. The van der Waals surface area contributed by atoms with Crippen molar-refractivity contribution in [2.45, 2.75) is 43.9 Å². The number of rotatable bonds is 5. The summed E-state index contributed by atoms with van der Waals surface area (Å²) in [5.41, 5.74) is 8.87. The predicted molar refractivity (Wildman–Crippen MR) is 206 cm³/mol. The van der Waals surface area contributed by atoms with Gasteiger partial charge in [0.15, 0.2) is 17.5 Å². The van der Waals surface area contributed by atoms with Crippen LogP contribution in [0.15, 0.2) is 138 Å². The zero-order valence-electron chi connectivity index (χ0n) is 28.4. The van der Waals surface area contributed by atoms with E-state index in [0.29, 0.717) is 22.9 Å². The number of hydrogen-bond donors (Lipinski definition) is 0. The van der Waals surface area contributed by atoms with Gasteiger partial charge in [0.1, 0.15) is 11.2 Å². The lowest BCUT2D eigenvalue weighted by Gasteiger charge is -2.57. The summed E-state index contributed by atoms with van der Waals surface area (Å²) in [5, 5.41) is 4.48. The summed E-state index contributed by atoms with van der Waals surface area (Å²) >= 11 is 0. The van der Waals surface area contributed by atoms with Gasteiger partial charge in [0, 0.05) is 33.0 Å². The third-order valence-electron chi connectivity index (χ3n) is 12.3. The van der Waals surface area contributed by atoms with Gasteiger partial charge in [0.2, 0.25) is 0 Å². The highest BCUT2D eigenvalue weighted by Gasteiger charge is 2.51. The molecule has 0 amide bonds. The van der Waals surface area contributed by atoms with Crippen LogP contribution in [0.25, 0.3) is 78.0 Å². The van der Waals surface area contributed by atoms with Gasteiger partial charge in [-0.3, -0.25) is 0 Å². The zero-order valence-corrected chi connectivity index (χ0v) is 28.4. The lowest BCUT2D eigenvalue weighted by atomic mass is 9.48. The van der Waals surface area contributed by atoms with E-state index in [2.05, 4.69) is 103 Å².